The van der Waals surface area contributed by atoms with Gasteiger partial charge in [-0.25, -0.2) is 4.99 Å². The van der Waals surface area contributed by atoms with Gasteiger partial charge in [0, 0.05) is 18.2 Å². The fraction of sp³-hybridized carbons (Fsp3) is 0.579. The number of hydrogen-bond acceptors (Lipinski definition) is 3. The first-order chi connectivity index (χ1) is 12.3. The molecule has 1 saturated heterocycles. The van der Waals surface area contributed by atoms with Gasteiger partial charge in [-0.2, -0.15) is 13.2 Å². The highest BCUT2D eigenvalue weighted by molar-refractivity contribution is 6.07. The zero-order valence-electron chi connectivity index (χ0n) is 14.9. The van der Waals surface area contributed by atoms with E-state index < -0.39 is 17.6 Å². The van der Waals surface area contributed by atoms with Crippen LogP contribution in [0, 0.1) is 0 Å². The van der Waals surface area contributed by atoms with E-state index in [9.17, 15) is 18.0 Å². The molecule has 0 aromatic heterocycles. The number of hydrogen-bond donors (Lipinski definition) is 1. The summed E-state index contributed by atoms with van der Waals surface area (Å²) >= 11 is 0. The summed E-state index contributed by atoms with van der Waals surface area (Å²) in [5, 5.41) is 3.36. The lowest BCUT2D eigenvalue weighted by atomic mass is 9.99. The first-order valence-electron chi connectivity index (χ1n) is 8.92. The number of alkyl halides is 3. The second kappa shape index (κ2) is 7.48. The van der Waals surface area contributed by atoms with Crippen LogP contribution >= 0.6 is 0 Å². The Hall–Kier alpha value is -1.73. The van der Waals surface area contributed by atoms with Crippen molar-refractivity contribution in [2.45, 2.75) is 57.3 Å². The lowest BCUT2D eigenvalue weighted by Crippen LogP contribution is -2.46. The third-order valence-electron chi connectivity index (χ3n) is 4.61. The first-order valence-corrected chi connectivity index (χ1v) is 8.92. The van der Waals surface area contributed by atoms with Crippen molar-refractivity contribution in [2.75, 3.05) is 13.2 Å². The molecule has 0 bridgehead atoms. The Balaban J connectivity index is 1.89. The second-order valence-electron chi connectivity index (χ2n) is 7.20. The number of aliphatic imine (C=N–C) groups is 1. The Bertz CT molecular complexity index is 709. The largest absolute Gasteiger partial charge is 0.416 e. The fourth-order valence-electron chi connectivity index (χ4n) is 3.19. The molecule has 7 heteroatoms. The molecule has 2 fully saturated rings. The molecule has 1 aliphatic carbocycles. The van der Waals surface area contributed by atoms with E-state index >= 15 is 0 Å². The smallest absolute Gasteiger partial charge is 0.375 e. The maximum absolute atomic E-state index is 13.0. The molecule has 3 rings (SSSR count). The molecule has 0 radical (unpaired) electrons. The van der Waals surface area contributed by atoms with E-state index in [0.29, 0.717) is 24.3 Å². The molecule has 1 N–H and O–H groups in total. The molecule has 1 atom stereocenters. The molecule has 26 heavy (non-hydrogen) atoms. The summed E-state index contributed by atoms with van der Waals surface area (Å²) < 4.78 is 44.4. The average molecular weight is 368 g/mol. The molecule has 1 aromatic rings. The van der Waals surface area contributed by atoms with Gasteiger partial charge < -0.3 is 10.1 Å². The number of amides is 1. The van der Waals surface area contributed by atoms with Gasteiger partial charge in [-0.3, -0.25) is 4.79 Å². The lowest BCUT2D eigenvalue weighted by Gasteiger charge is -2.27. The van der Waals surface area contributed by atoms with E-state index in [1.165, 1.54) is 6.07 Å². The number of rotatable bonds is 4. The van der Waals surface area contributed by atoms with E-state index in [1.807, 2.05) is 13.8 Å². The standard InChI is InChI=1S/C19H23F3N2O2/c1-11(2)23-16-7-8-26-10-17(16)24-18(25)14-6-5-13(19(20,21)22)9-15(14)12-3-4-12/h5-6,9,11-12,16,23H,3-4,7-8,10H2,1-2H3/t16-/m1/s1. The molecule has 2 aliphatic rings. The summed E-state index contributed by atoms with van der Waals surface area (Å²) in [6, 6.07) is 3.50. The minimum atomic E-state index is -4.42. The van der Waals surface area contributed by atoms with Crippen molar-refractivity contribution in [1.29, 1.82) is 0 Å². The molecule has 1 saturated carbocycles. The normalized spacial score (nSPS) is 22.8. The molecular formula is C19H23F3N2O2. The minimum Gasteiger partial charge on any atom is -0.375 e. The van der Waals surface area contributed by atoms with Crippen molar-refractivity contribution >= 4 is 11.6 Å². The summed E-state index contributed by atoms with van der Waals surface area (Å²) in [6.07, 6.45) is -2.09. The monoisotopic (exact) mass is 368 g/mol. The van der Waals surface area contributed by atoms with Gasteiger partial charge >= 0.3 is 6.18 Å². The van der Waals surface area contributed by atoms with Gasteiger partial charge in [-0.05, 0) is 48.9 Å². The predicted octanol–water partition coefficient (Wildman–Crippen LogP) is 3.95. The third-order valence-corrected chi connectivity index (χ3v) is 4.61. The number of carbonyl (C=O) groups is 1. The zero-order chi connectivity index (χ0) is 18.9. The third kappa shape index (κ3) is 4.51. The van der Waals surface area contributed by atoms with Crippen LogP contribution in [0.1, 0.15) is 60.5 Å². The minimum absolute atomic E-state index is 0.0173. The van der Waals surface area contributed by atoms with E-state index in [2.05, 4.69) is 10.3 Å². The van der Waals surface area contributed by atoms with E-state index in [-0.39, 0.29) is 30.2 Å². The van der Waals surface area contributed by atoms with Gasteiger partial charge in [0.15, 0.2) is 0 Å². The molecule has 4 nitrogen and oxygen atoms in total. The van der Waals surface area contributed by atoms with Crippen LogP contribution in [-0.4, -0.2) is 36.9 Å². The topological polar surface area (TPSA) is 50.7 Å². The number of benzene rings is 1. The molecule has 0 spiro atoms. The van der Waals surface area contributed by atoms with Crippen molar-refractivity contribution in [3.63, 3.8) is 0 Å². The maximum Gasteiger partial charge on any atom is 0.416 e. The Kier molecular flexibility index (Phi) is 5.48. The van der Waals surface area contributed by atoms with Crippen LogP contribution in [0.15, 0.2) is 23.2 Å². The van der Waals surface area contributed by atoms with Crippen molar-refractivity contribution < 1.29 is 22.7 Å². The highest BCUT2D eigenvalue weighted by Gasteiger charge is 2.35. The fourth-order valence-corrected chi connectivity index (χ4v) is 3.19. The van der Waals surface area contributed by atoms with Gasteiger partial charge in [0.25, 0.3) is 5.91 Å². The Labute approximate surface area is 150 Å². The van der Waals surface area contributed by atoms with Gasteiger partial charge in [0.1, 0.15) is 0 Å². The highest BCUT2D eigenvalue weighted by atomic mass is 19.4. The molecule has 0 unspecified atom stereocenters. The summed E-state index contributed by atoms with van der Waals surface area (Å²) in [6.45, 7) is 4.87. The van der Waals surface area contributed by atoms with E-state index in [4.69, 9.17) is 4.74 Å². The number of ether oxygens (including phenoxy) is 1. The SMILES string of the molecule is CC(C)N[C@@H]1CCOCC1=NC(=O)c1ccc(C(F)(F)F)cc1C1CC1. The molecule has 142 valence electrons. The van der Waals surface area contributed by atoms with Crippen LogP contribution < -0.4 is 5.32 Å². The summed E-state index contributed by atoms with van der Waals surface area (Å²) in [5.41, 5.74) is 0.613. The van der Waals surface area contributed by atoms with Crippen LogP contribution in [0.4, 0.5) is 13.2 Å². The molecule has 1 heterocycles. The zero-order valence-corrected chi connectivity index (χ0v) is 14.9. The molecule has 1 amide bonds. The summed E-state index contributed by atoms with van der Waals surface area (Å²) in [5.74, 6) is -0.472. The summed E-state index contributed by atoms with van der Waals surface area (Å²) in [4.78, 5) is 16.9. The van der Waals surface area contributed by atoms with Crippen LogP contribution in [0.25, 0.3) is 0 Å². The first kappa shape index (κ1) is 19.0. The Morgan fingerprint density at radius 3 is 2.62 bits per heavy atom. The van der Waals surface area contributed by atoms with Crippen LogP contribution in [-0.2, 0) is 10.9 Å². The van der Waals surface area contributed by atoms with Crippen LogP contribution in [0.5, 0.6) is 0 Å². The van der Waals surface area contributed by atoms with Crippen molar-refractivity contribution in [1.82, 2.24) is 5.32 Å². The van der Waals surface area contributed by atoms with Gasteiger partial charge in [-0.15, -0.1) is 0 Å². The average Bonchev–Trinajstić information content (AvgIpc) is 3.39. The van der Waals surface area contributed by atoms with Crippen LogP contribution in [0.3, 0.4) is 0 Å². The highest BCUT2D eigenvalue weighted by Crippen LogP contribution is 2.43. The van der Waals surface area contributed by atoms with Gasteiger partial charge in [0.2, 0.25) is 0 Å². The van der Waals surface area contributed by atoms with Gasteiger partial charge in [-0.1, -0.05) is 13.8 Å². The number of nitrogens with one attached hydrogen (secondary N) is 1. The van der Waals surface area contributed by atoms with Crippen molar-refractivity contribution in [3.8, 4) is 0 Å². The van der Waals surface area contributed by atoms with Crippen molar-refractivity contribution in [3.05, 3.63) is 34.9 Å². The molecular weight excluding hydrogens is 345 g/mol. The Morgan fingerprint density at radius 2 is 2.00 bits per heavy atom. The number of nitrogens with zero attached hydrogens (tertiary/aromatic N) is 1. The van der Waals surface area contributed by atoms with Gasteiger partial charge in [0.05, 0.1) is 23.9 Å². The van der Waals surface area contributed by atoms with E-state index in [1.54, 1.807) is 0 Å². The Morgan fingerprint density at radius 1 is 1.27 bits per heavy atom. The van der Waals surface area contributed by atoms with Crippen LogP contribution in [0.2, 0.25) is 0 Å². The molecule has 1 aromatic carbocycles. The molecule has 1 aliphatic heterocycles. The number of carbonyl (C=O) groups excluding carboxylic acids is 1. The van der Waals surface area contributed by atoms with Crippen molar-refractivity contribution in [2.24, 2.45) is 4.99 Å². The predicted molar refractivity (Wildman–Crippen MR) is 92.7 cm³/mol. The lowest BCUT2D eigenvalue weighted by molar-refractivity contribution is -0.137. The second-order valence-corrected chi connectivity index (χ2v) is 7.20. The number of halogens is 3. The summed E-state index contributed by atoms with van der Waals surface area (Å²) in [7, 11) is 0. The maximum atomic E-state index is 13.0. The quantitative estimate of drug-likeness (QED) is 0.875. The van der Waals surface area contributed by atoms with E-state index in [0.717, 1.165) is 25.0 Å².